The second-order valence-corrected chi connectivity index (χ2v) is 6.14. The molecule has 2 aromatic rings. The molecule has 2 rings (SSSR count). The maximum absolute atomic E-state index is 10.1. The summed E-state index contributed by atoms with van der Waals surface area (Å²) in [7, 11) is 0. The maximum Gasteiger partial charge on any atom is 0.153 e. The summed E-state index contributed by atoms with van der Waals surface area (Å²) in [5.74, 6) is -0.128. The molecule has 0 aromatic heterocycles. The maximum atomic E-state index is 10.1. The largest absolute Gasteiger partial charge is 0.508 e. The van der Waals surface area contributed by atoms with Crippen molar-refractivity contribution in [2.24, 2.45) is 10.7 Å². The lowest BCUT2D eigenvalue weighted by Gasteiger charge is -1.98. The van der Waals surface area contributed by atoms with E-state index in [0.717, 1.165) is 32.0 Å². The molecule has 0 unspecified atom stereocenters. The smallest absolute Gasteiger partial charge is 0.153 e. The number of aromatic hydroxyl groups is 4. The summed E-state index contributed by atoms with van der Waals surface area (Å²) in [5, 5.41) is 36.1. The fraction of sp³-hybridized carbons (Fsp3) is 0.364. The van der Waals surface area contributed by atoms with E-state index < -0.39 is 0 Å². The number of hydrogen-bond donors (Lipinski definition) is 5. The van der Waals surface area contributed by atoms with Gasteiger partial charge in [0.1, 0.15) is 23.0 Å². The number of benzene rings is 2. The van der Waals surface area contributed by atoms with Crippen molar-refractivity contribution in [1.82, 2.24) is 0 Å². The predicted molar refractivity (Wildman–Crippen MR) is 116 cm³/mol. The number of carbonyl (C=O) groups excluding carboxylic acids is 1. The third kappa shape index (κ3) is 12.1. The van der Waals surface area contributed by atoms with E-state index in [2.05, 4.69) is 18.8 Å². The molecule has 0 spiro atoms. The van der Waals surface area contributed by atoms with E-state index >= 15 is 0 Å². The Bertz CT molecular complexity index is 746. The minimum atomic E-state index is -0.199. The summed E-state index contributed by atoms with van der Waals surface area (Å²) in [6.07, 6.45) is 6.70. The van der Waals surface area contributed by atoms with E-state index in [-0.39, 0.29) is 28.6 Å². The summed E-state index contributed by atoms with van der Waals surface area (Å²) >= 11 is 0. The fourth-order valence-electron chi connectivity index (χ4n) is 1.89. The lowest BCUT2D eigenvalue weighted by Crippen LogP contribution is -1.95. The number of rotatable bonds is 7. The third-order valence-corrected chi connectivity index (χ3v) is 3.58. The molecule has 29 heavy (non-hydrogen) atoms. The number of phenols is 4. The Morgan fingerprint density at radius 1 is 0.862 bits per heavy atom. The van der Waals surface area contributed by atoms with Crippen molar-refractivity contribution in [2.45, 2.75) is 39.5 Å². The third-order valence-electron chi connectivity index (χ3n) is 3.58. The van der Waals surface area contributed by atoms with Gasteiger partial charge in [0.25, 0.3) is 0 Å². The lowest BCUT2D eigenvalue weighted by atomic mass is 10.2. The van der Waals surface area contributed by atoms with Crippen LogP contribution in [0.3, 0.4) is 0 Å². The highest BCUT2D eigenvalue weighted by molar-refractivity contribution is 5.83. The average molecular weight is 405 g/mol. The molecule has 6 N–H and O–H groups in total. The van der Waals surface area contributed by atoms with Crippen LogP contribution in [0.1, 0.15) is 55.5 Å². The molecule has 0 saturated heterocycles. The summed E-state index contributed by atoms with van der Waals surface area (Å²) in [6, 6.07) is 8.27. The van der Waals surface area contributed by atoms with E-state index in [1.807, 2.05) is 0 Å². The van der Waals surface area contributed by atoms with Crippen molar-refractivity contribution in [2.75, 3.05) is 13.1 Å². The van der Waals surface area contributed by atoms with Crippen LogP contribution < -0.4 is 5.73 Å². The first-order chi connectivity index (χ1) is 13.9. The molecular weight excluding hydrogens is 372 g/mol. The predicted octanol–water partition coefficient (Wildman–Crippen LogP) is 3.97. The van der Waals surface area contributed by atoms with Gasteiger partial charge in [0.15, 0.2) is 6.29 Å². The Balaban J connectivity index is 0.000000455. The van der Waals surface area contributed by atoms with Gasteiger partial charge in [0.2, 0.25) is 0 Å². The summed E-state index contributed by atoms with van der Waals surface area (Å²) < 4.78 is 0. The average Bonchev–Trinajstić information content (AvgIpc) is 2.68. The molecule has 0 saturated carbocycles. The minimum Gasteiger partial charge on any atom is -0.508 e. The SMILES string of the molecule is CCCCN.CCCCN=Cc1ccc(O)cc1O.O=Cc1ccc(O)cc1O. The normalized spacial score (nSPS) is 9.90. The number of aldehydes is 1. The molecule has 160 valence electrons. The fourth-order valence-corrected chi connectivity index (χ4v) is 1.89. The van der Waals surface area contributed by atoms with Crippen LogP contribution >= 0.6 is 0 Å². The van der Waals surface area contributed by atoms with Crippen LogP contribution in [0.25, 0.3) is 0 Å². The van der Waals surface area contributed by atoms with Gasteiger partial charge in [-0.05, 0) is 43.7 Å². The van der Waals surface area contributed by atoms with Crippen molar-refractivity contribution in [3.05, 3.63) is 47.5 Å². The molecule has 0 fully saturated rings. The number of aliphatic imine (C=N–C) groups is 1. The van der Waals surface area contributed by atoms with Gasteiger partial charge in [0.05, 0.1) is 5.56 Å². The van der Waals surface area contributed by atoms with Gasteiger partial charge in [-0.2, -0.15) is 0 Å². The van der Waals surface area contributed by atoms with Gasteiger partial charge in [-0.3, -0.25) is 9.79 Å². The number of phenolic OH excluding ortho intramolecular Hbond substituents is 4. The van der Waals surface area contributed by atoms with Gasteiger partial charge < -0.3 is 26.2 Å². The first-order valence-corrected chi connectivity index (χ1v) is 9.58. The molecular formula is C22H32N2O5. The Hall–Kier alpha value is -3.06. The zero-order chi connectivity index (χ0) is 22.1. The molecule has 0 amide bonds. The highest BCUT2D eigenvalue weighted by Gasteiger charge is 1.99. The molecule has 0 aliphatic carbocycles. The van der Waals surface area contributed by atoms with Crippen molar-refractivity contribution >= 4 is 12.5 Å². The second-order valence-electron chi connectivity index (χ2n) is 6.14. The highest BCUT2D eigenvalue weighted by Crippen LogP contribution is 2.21. The molecule has 0 aliphatic rings. The molecule has 0 radical (unpaired) electrons. The number of hydrogen-bond acceptors (Lipinski definition) is 7. The van der Waals surface area contributed by atoms with Gasteiger partial charge >= 0.3 is 0 Å². The van der Waals surface area contributed by atoms with E-state index in [1.165, 1.54) is 37.1 Å². The zero-order valence-electron chi connectivity index (χ0n) is 17.1. The van der Waals surface area contributed by atoms with Crippen LogP contribution in [0, 0.1) is 0 Å². The first kappa shape index (κ1) is 25.9. The Labute approximate surface area is 172 Å². The van der Waals surface area contributed by atoms with Crippen molar-refractivity contribution in [3.8, 4) is 23.0 Å². The van der Waals surface area contributed by atoms with Gasteiger partial charge in [-0.15, -0.1) is 0 Å². The molecule has 0 heterocycles. The highest BCUT2D eigenvalue weighted by atomic mass is 16.3. The zero-order valence-corrected chi connectivity index (χ0v) is 17.1. The number of nitrogens with zero attached hydrogens (tertiary/aromatic N) is 1. The number of unbranched alkanes of at least 4 members (excludes halogenated alkanes) is 2. The van der Waals surface area contributed by atoms with E-state index in [9.17, 15) is 9.90 Å². The monoisotopic (exact) mass is 404 g/mol. The molecule has 7 nitrogen and oxygen atoms in total. The summed E-state index contributed by atoms with van der Waals surface area (Å²) in [4.78, 5) is 14.3. The Kier molecular flexibility index (Phi) is 14.3. The Morgan fingerprint density at radius 2 is 1.38 bits per heavy atom. The first-order valence-electron chi connectivity index (χ1n) is 9.58. The number of nitrogens with two attached hydrogens (primary N) is 1. The molecule has 0 aliphatic heterocycles. The van der Waals surface area contributed by atoms with Crippen LogP contribution in [0.2, 0.25) is 0 Å². The number of carbonyl (C=O) groups is 1. The van der Waals surface area contributed by atoms with Crippen LogP contribution in [0.15, 0.2) is 41.4 Å². The van der Waals surface area contributed by atoms with Crippen LogP contribution in [-0.2, 0) is 0 Å². The summed E-state index contributed by atoms with van der Waals surface area (Å²) in [6.45, 7) is 5.85. The molecule has 0 atom stereocenters. The standard InChI is InChI=1S/C11H15NO2.C7H6O3.C4H11N/c1-2-3-6-12-8-9-4-5-10(13)7-11(9)14;8-4-5-1-2-6(9)3-7(5)10;1-2-3-4-5/h4-5,7-8,13-14H,2-3,6H2,1H3;1-4,9-10H;2-5H2,1H3. The van der Waals surface area contributed by atoms with Crippen molar-refractivity contribution in [3.63, 3.8) is 0 Å². The topological polar surface area (TPSA) is 136 Å². The molecule has 7 heteroatoms. The van der Waals surface area contributed by atoms with E-state index in [1.54, 1.807) is 12.3 Å². The van der Waals surface area contributed by atoms with Crippen LogP contribution in [-0.4, -0.2) is 46.0 Å². The minimum absolute atomic E-state index is 0.0527. The molecule has 2 aromatic carbocycles. The van der Waals surface area contributed by atoms with E-state index in [0.29, 0.717) is 11.8 Å². The van der Waals surface area contributed by atoms with Gasteiger partial charge in [-0.25, -0.2) is 0 Å². The van der Waals surface area contributed by atoms with Crippen LogP contribution in [0.5, 0.6) is 23.0 Å². The van der Waals surface area contributed by atoms with Crippen molar-refractivity contribution < 1.29 is 25.2 Å². The van der Waals surface area contributed by atoms with E-state index in [4.69, 9.17) is 21.1 Å². The second kappa shape index (κ2) is 15.9. The lowest BCUT2D eigenvalue weighted by molar-refractivity contribution is 0.112. The Morgan fingerprint density at radius 3 is 1.76 bits per heavy atom. The summed E-state index contributed by atoms with van der Waals surface area (Å²) in [5.41, 5.74) is 5.96. The van der Waals surface area contributed by atoms with Gasteiger partial charge in [0, 0.05) is 30.5 Å². The quantitative estimate of drug-likeness (QED) is 0.269. The van der Waals surface area contributed by atoms with Gasteiger partial charge in [-0.1, -0.05) is 26.7 Å². The van der Waals surface area contributed by atoms with Crippen LogP contribution in [0.4, 0.5) is 0 Å². The molecule has 0 bridgehead atoms. The van der Waals surface area contributed by atoms with Crippen molar-refractivity contribution in [1.29, 1.82) is 0 Å².